The molecule has 1 aliphatic heterocycles. The van der Waals surface area contributed by atoms with Gasteiger partial charge < -0.3 is 20.1 Å². The smallest absolute Gasteiger partial charge is 0.262 e. The molecule has 142 valence electrons. The summed E-state index contributed by atoms with van der Waals surface area (Å²) < 4.78 is 11.6. The highest BCUT2D eigenvalue weighted by Crippen LogP contribution is 2.41. The first-order valence-corrected chi connectivity index (χ1v) is 8.92. The maximum absolute atomic E-state index is 12.3. The lowest BCUT2D eigenvalue weighted by molar-refractivity contribution is -0.118. The highest BCUT2D eigenvalue weighted by molar-refractivity contribution is 6.33. The van der Waals surface area contributed by atoms with Crippen LogP contribution in [0.3, 0.4) is 0 Å². The summed E-state index contributed by atoms with van der Waals surface area (Å²) in [4.78, 5) is 24.0. The Bertz CT molecular complexity index is 896. The van der Waals surface area contributed by atoms with E-state index >= 15 is 0 Å². The minimum Gasteiger partial charge on any atom is -0.483 e. The van der Waals surface area contributed by atoms with Crippen LogP contribution < -0.4 is 20.1 Å². The Morgan fingerprint density at radius 2 is 2.04 bits per heavy atom. The molecule has 6 nitrogen and oxygen atoms in total. The number of carbonyl (C=O) groups is 2. The van der Waals surface area contributed by atoms with Gasteiger partial charge in [-0.15, -0.1) is 0 Å². The standard InChI is InChI=1S/C20H21ClN2O4/c1-20(2)10-13-5-4-6-16(18(13)27-20)26-11-17(24)23-15-9-12(19(25)22-3)7-8-14(15)21/h4-9H,10-11H2,1-3H3,(H,22,25)(H,23,24). The summed E-state index contributed by atoms with van der Waals surface area (Å²) in [5, 5.41) is 5.53. The predicted molar refractivity (Wildman–Crippen MR) is 104 cm³/mol. The van der Waals surface area contributed by atoms with Gasteiger partial charge in [-0.3, -0.25) is 9.59 Å². The van der Waals surface area contributed by atoms with Gasteiger partial charge in [-0.1, -0.05) is 23.7 Å². The van der Waals surface area contributed by atoms with E-state index in [0.717, 1.165) is 12.0 Å². The van der Waals surface area contributed by atoms with Crippen molar-refractivity contribution in [3.05, 3.63) is 52.5 Å². The summed E-state index contributed by atoms with van der Waals surface area (Å²) in [7, 11) is 1.53. The second kappa shape index (κ2) is 7.48. The molecule has 0 aliphatic carbocycles. The summed E-state index contributed by atoms with van der Waals surface area (Å²) in [6.45, 7) is 3.80. The summed E-state index contributed by atoms with van der Waals surface area (Å²) in [5.74, 6) is 0.548. The number of anilines is 1. The maximum atomic E-state index is 12.3. The Kier molecular flexibility index (Phi) is 5.28. The molecule has 0 bridgehead atoms. The van der Waals surface area contributed by atoms with Crippen LogP contribution in [0.1, 0.15) is 29.8 Å². The molecular formula is C20H21ClN2O4. The predicted octanol–water partition coefficient (Wildman–Crippen LogP) is 3.43. The fourth-order valence-corrected chi connectivity index (χ4v) is 3.10. The van der Waals surface area contributed by atoms with Crippen molar-refractivity contribution >= 4 is 29.1 Å². The molecule has 2 amide bonds. The van der Waals surface area contributed by atoms with Crippen molar-refractivity contribution in [3.8, 4) is 11.5 Å². The first-order chi connectivity index (χ1) is 12.8. The van der Waals surface area contributed by atoms with E-state index in [9.17, 15) is 9.59 Å². The normalized spacial score (nSPS) is 14.1. The van der Waals surface area contributed by atoms with Crippen LogP contribution >= 0.6 is 11.6 Å². The molecule has 0 fully saturated rings. The molecular weight excluding hydrogens is 368 g/mol. The molecule has 1 aliphatic rings. The minimum atomic E-state index is -0.388. The Morgan fingerprint density at radius 3 is 2.78 bits per heavy atom. The van der Waals surface area contributed by atoms with E-state index in [0.29, 0.717) is 27.8 Å². The van der Waals surface area contributed by atoms with Crippen LogP contribution in [-0.2, 0) is 11.2 Å². The second-order valence-electron chi connectivity index (χ2n) is 6.89. The quantitative estimate of drug-likeness (QED) is 0.822. The molecule has 27 heavy (non-hydrogen) atoms. The average molecular weight is 389 g/mol. The number of amides is 2. The molecule has 7 heteroatoms. The van der Waals surface area contributed by atoms with Crippen LogP contribution in [0, 0.1) is 0 Å². The zero-order chi connectivity index (χ0) is 19.6. The van der Waals surface area contributed by atoms with Gasteiger partial charge in [-0.25, -0.2) is 0 Å². The van der Waals surface area contributed by atoms with Gasteiger partial charge in [0.15, 0.2) is 18.1 Å². The number of nitrogens with one attached hydrogen (secondary N) is 2. The number of benzene rings is 2. The fraction of sp³-hybridized carbons (Fsp3) is 0.300. The van der Waals surface area contributed by atoms with Crippen LogP contribution in [0.5, 0.6) is 11.5 Å². The van der Waals surface area contributed by atoms with E-state index < -0.39 is 0 Å². The Morgan fingerprint density at radius 1 is 1.26 bits per heavy atom. The molecule has 2 aromatic rings. The van der Waals surface area contributed by atoms with Crippen LogP contribution in [-0.4, -0.2) is 31.1 Å². The van der Waals surface area contributed by atoms with Gasteiger partial charge in [0.25, 0.3) is 11.8 Å². The fourth-order valence-electron chi connectivity index (χ4n) is 2.94. The van der Waals surface area contributed by atoms with Gasteiger partial charge in [0.1, 0.15) is 5.60 Å². The molecule has 1 heterocycles. The lowest BCUT2D eigenvalue weighted by Crippen LogP contribution is -2.25. The lowest BCUT2D eigenvalue weighted by Gasteiger charge is -2.18. The molecule has 0 saturated heterocycles. The van der Waals surface area contributed by atoms with Crippen molar-refractivity contribution in [2.24, 2.45) is 0 Å². The van der Waals surface area contributed by atoms with Crippen LogP contribution in [0.25, 0.3) is 0 Å². The van der Waals surface area contributed by atoms with E-state index in [1.165, 1.54) is 13.1 Å². The zero-order valence-corrected chi connectivity index (χ0v) is 16.1. The molecule has 0 saturated carbocycles. The maximum Gasteiger partial charge on any atom is 0.262 e. The third kappa shape index (κ3) is 4.34. The van der Waals surface area contributed by atoms with Crippen LogP contribution in [0.2, 0.25) is 5.02 Å². The Hall–Kier alpha value is -2.73. The second-order valence-corrected chi connectivity index (χ2v) is 7.30. The third-order valence-corrected chi connectivity index (χ3v) is 4.47. The molecule has 3 rings (SSSR count). The van der Waals surface area contributed by atoms with Crippen molar-refractivity contribution in [1.82, 2.24) is 5.32 Å². The highest BCUT2D eigenvalue weighted by Gasteiger charge is 2.32. The first kappa shape index (κ1) is 19.0. The van der Waals surface area contributed by atoms with Crippen molar-refractivity contribution in [2.75, 3.05) is 19.0 Å². The number of ether oxygens (including phenoxy) is 2. The Labute approximate surface area is 162 Å². The van der Waals surface area contributed by atoms with Crippen LogP contribution in [0.15, 0.2) is 36.4 Å². The zero-order valence-electron chi connectivity index (χ0n) is 15.4. The van der Waals surface area contributed by atoms with Gasteiger partial charge in [0.2, 0.25) is 0 Å². The number of carbonyl (C=O) groups excluding carboxylic acids is 2. The number of hydrogen-bond donors (Lipinski definition) is 2. The number of rotatable bonds is 5. The SMILES string of the molecule is CNC(=O)c1ccc(Cl)c(NC(=O)COc2cccc3c2OC(C)(C)C3)c1. The first-order valence-electron chi connectivity index (χ1n) is 8.54. The summed E-state index contributed by atoms with van der Waals surface area (Å²) in [5.41, 5.74) is 1.51. The van der Waals surface area contributed by atoms with Crippen molar-refractivity contribution in [2.45, 2.75) is 25.9 Å². The van der Waals surface area contributed by atoms with Gasteiger partial charge in [0, 0.05) is 24.6 Å². The highest BCUT2D eigenvalue weighted by atomic mass is 35.5. The topological polar surface area (TPSA) is 76.7 Å². The number of fused-ring (bicyclic) bond motifs is 1. The summed E-state index contributed by atoms with van der Waals surface area (Å²) >= 11 is 6.11. The van der Waals surface area contributed by atoms with E-state index in [2.05, 4.69) is 10.6 Å². The minimum absolute atomic E-state index is 0.208. The van der Waals surface area contributed by atoms with Gasteiger partial charge in [-0.05, 0) is 38.1 Å². The summed E-state index contributed by atoms with van der Waals surface area (Å²) in [6, 6.07) is 10.3. The summed E-state index contributed by atoms with van der Waals surface area (Å²) in [6.07, 6.45) is 0.785. The molecule has 0 spiro atoms. The van der Waals surface area contributed by atoms with Gasteiger partial charge >= 0.3 is 0 Å². The lowest BCUT2D eigenvalue weighted by atomic mass is 10.0. The largest absolute Gasteiger partial charge is 0.483 e. The van der Waals surface area contributed by atoms with E-state index in [1.807, 2.05) is 26.0 Å². The van der Waals surface area contributed by atoms with Gasteiger partial charge in [-0.2, -0.15) is 0 Å². The Balaban J connectivity index is 1.67. The van der Waals surface area contributed by atoms with E-state index in [1.54, 1.807) is 18.2 Å². The van der Waals surface area contributed by atoms with Crippen molar-refractivity contribution in [3.63, 3.8) is 0 Å². The number of para-hydroxylation sites is 1. The van der Waals surface area contributed by atoms with Crippen LogP contribution in [0.4, 0.5) is 5.69 Å². The van der Waals surface area contributed by atoms with Crippen molar-refractivity contribution < 1.29 is 19.1 Å². The van der Waals surface area contributed by atoms with Crippen molar-refractivity contribution in [1.29, 1.82) is 0 Å². The van der Waals surface area contributed by atoms with E-state index in [-0.39, 0.29) is 24.0 Å². The molecule has 2 aromatic carbocycles. The number of halogens is 1. The average Bonchev–Trinajstić information content (AvgIpc) is 2.95. The monoisotopic (exact) mass is 388 g/mol. The molecule has 0 unspecified atom stereocenters. The van der Waals surface area contributed by atoms with E-state index in [4.69, 9.17) is 21.1 Å². The molecule has 0 aromatic heterocycles. The van der Waals surface area contributed by atoms with Gasteiger partial charge in [0.05, 0.1) is 10.7 Å². The molecule has 0 atom stereocenters. The molecule has 2 N–H and O–H groups in total. The third-order valence-electron chi connectivity index (χ3n) is 4.14. The number of hydrogen-bond acceptors (Lipinski definition) is 4. The molecule has 0 radical (unpaired) electrons.